The van der Waals surface area contributed by atoms with Gasteiger partial charge in [0.2, 0.25) is 0 Å². The lowest BCUT2D eigenvalue weighted by molar-refractivity contribution is 0.214. The third-order valence-electron chi connectivity index (χ3n) is 11.8. The Kier molecular flexibility index (Phi) is 12.8. The molecule has 4 N–H and O–H groups in total. The molecule has 1 fully saturated rings. The maximum Gasteiger partial charge on any atom is 0.0316 e. The molecule has 4 aromatic rings. The normalized spacial score (nSPS) is 16.4. The van der Waals surface area contributed by atoms with Crippen molar-refractivity contribution in [3.05, 3.63) is 129 Å². The fourth-order valence-corrected chi connectivity index (χ4v) is 8.72. The number of rotatable bonds is 15. The van der Waals surface area contributed by atoms with Crippen molar-refractivity contribution in [3.63, 3.8) is 0 Å². The first kappa shape index (κ1) is 35.8. The monoisotopic (exact) mass is 642 g/mol. The average molecular weight is 643 g/mol. The Bertz CT molecular complexity index is 1460. The first-order valence-corrected chi connectivity index (χ1v) is 19.2. The van der Waals surface area contributed by atoms with Crippen molar-refractivity contribution in [3.8, 4) is 0 Å². The van der Waals surface area contributed by atoms with Crippen LogP contribution in [-0.2, 0) is 0 Å². The third kappa shape index (κ3) is 9.13. The molecule has 2 heteroatoms. The molecule has 0 amide bonds. The molecule has 5 rings (SSSR count). The first-order chi connectivity index (χ1) is 23.2. The highest BCUT2D eigenvalue weighted by Crippen LogP contribution is 2.40. The van der Waals surface area contributed by atoms with Crippen LogP contribution >= 0.6 is 0 Å². The molecule has 0 saturated heterocycles. The van der Waals surface area contributed by atoms with Crippen molar-refractivity contribution in [2.75, 3.05) is 11.5 Å². The molecule has 3 atom stereocenters. The van der Waals surface area contributed by atoms with Crippen LogP contribution < -0.4 is 11.5 Å². The van der Waals surface area contributed by atoms with Gasteiger partial charge in [0.05, 0.1) is 0 Å². The summed E-state index contributed by atoms with van der Waals surface area (Å²) in [7, 11) is 0. The van der Waals surface area contributed by atoms with E-state index >= 15 is 0 Å². The Hall–Kier alpha value is -3.52. The van der Waals surface area contributed by atoms with Gasteiger partial charge in [0.15, 0.2) is 0 Å². The smallest absolute Gasteiger partial charge is 0.0316 e. The maximum absolute atomic E-state index is 6.07. The van der Waals surface area contributed by atoms with Crippen LogP contribution in [0.2, 0.25) is 0 Å². The van der Waals surface area contributed by atoms with Crippen LogP contribution in [0.3, 0.4) is 0 Å². The average Bonchev–Trinajstić information content (AvgIpc) is 3.09. The van der Waals surface area contributed by atoms with Gasteiger partial charge in [0, 0.05) is 29.1 Å². The fraction of sp³-hybridized carbons (Fsp3) is 0.478. The minimum atomic E-state index is 0.328. The minimum Gasteiger partial charge on any atom is -0.399 e. The van der Waals surface area contributed by atoms with E-state index in [1.807, 2.05) is 12.1 Å². The van der Waals surface area contributed by atoms with Crippen LogP contribution in [0.5, 0.6) is 0 Å². The maximum atomic E-state index is 6.07. The van der Waals surface area contributed by atoms with Crippen molar-refractivity contribution in [1.82, 2.24) is 0 Å². The molecular formula is C46H62N2. The Morgan fingerprint density at radius 2 is 1.04 bits per heavy atom. The van der Waals surface area contributed by atoms with Gasteiger partial charge in [-0.3, -0.25) is 0 Å². The highest BCUT2D eigenvalue weighted by molar-refractivity contribution is 5.49. The van der Waals surface area contributed by atoms with E-state index in [1.165, 1.54) is 122 Å². The van der Waals surface area contributed by atoms with E-state index in [9.17, 15) is 0 Å². The molecule has 3 unspecified atom stereocenters. The summed E-state index contributed by atoms with van der Waals surface area (Å²) < 4.78 is 0. The number of aryl methyl sites for hydroxylation is 2. The van der Waals surface area contributed by atoms with Crippen LogP contribution in [0.15, 0.2) is 84.9 Å². The summed E-state index contributed by atoms with van der Waals surface area (Å²) in [6.07, 6.45) is 16.6. The van der Waals surface area contributed by atoms with Gasteiger partial charge in [-0.25, -0.2) is 0 Å². The number of nitrogen functional groups attached to an aromatic ring is 2. The van der Waals surface area contributed by atoms with Crippen LogP contribution in [0, 0.1) is 25.7 Å². The van der Waals surface area contributed by atoms with Crippen molar-refractivity contribution in [1.29, 1.82) is 0 Å². The van der Waals surface area contributed by atoms with Gasteiger partial charge in [-0.05, 0) is 107 Å². The standard InChI is InChI=1S/C46H62N2/c1-6-7-8-10-15-39(38-13-11-9-12-14-38)24-27-46(40-20-16-36(17-21-40)34(4)44-28-25-42(47)30-32(44)2)41-22-18-37(19-23-41)35(5)45-29-26-43(48)31-33(45)3/h16-23,25-26,28-31,34-35,38-39,46H,6-15,24,27,47-48H2,1-5H3. The molecule has 1 saturated carbocycles. The lowest BCUT2D eigenvalue weighted by atomic mass is 9.74. The van der Waals surface area contributed by atoms with Gasteiger partial charge in [0.1, 0.15) is 0 Å². The number of nitrogens with two attached hydrogens (primary N) is 2. The van der Waals surface area contributed by atoms with E-state index in [2.05, 4.69) is 107 Å². The number of hydrogen-bond acceptors (Lipinski definition) is 2. The van der Waals surface area contributed by atoms with E-state index in [0.29, 0.717) is 17.8 Å². The predicted octanol–water partition coefficient (Wildman–Crippen LogP) is 12.9. The quantitative estimate of drug-likeness (QED) is 0.100. The van der Waals surface area contributed by atoms with E-state index in [4.69, 9.17) is 11.5 Å². The number of hydrogen-bond donors (Lipinski definition) is 2. The molecule has 0 spiro atoms. The van der Waals surface area contributed by atoms with Gasteiger partial charge < -0.3 is 11.5 Å². The molecule has 0 bridgehead atoms. The Labute approximate surface area is 292 Å². The molecule has 1 aliphatic rings. The second-order valence-electron chi connectivity index (χ2n) is 15.1. The van der Waals surface area contributed by atoms with Gasteiger partial charge >= 0.3 is 0 Å². The van der Waals surface area contributed by atoms with Crippen molar-refractivity contribution < 1.29 is 0 Å². The van der Waals surface area contributed by atoms with Crippen molar-refractivity contribution in [2.24, 2.45) is 11.8 Å². The molecule has 48 heavy (non-hydrogen) atoms. The molecule has 0 radical (unpaired) electrons. The SMILES string of the molecule is CCCCCCC(CCC(c1ccc(C(C)c2ccc(N)cc2C)cc1)c1ccc(C(C)c2ccc(N)cc2C)cc1)C1CCCCC1. The Morgan fingerprint density at radius 1 is 0.562 bits per heavy atom. The summed E-state index contributed by atoms with van der Waals surface area (Å²) in [5.41, 5.74) is 24.7. The zero-order chi connectivity index (χ0) is 34.0. The number of anilines is 2. The first-order valence-electron chi connectivity index (χ1n) is 19.2. The van der Waals surface area contributed by atoms with Gasteiger partial charge in [-0.15, -0.1) is 0 Å². The zero-order valence-corrected chi connectivity index (χ0v) is 30.6. The predicted molar refractivity (Wildman–Crippen MR) is 209 cm³/mol. The summed E-state index contributed by atoms with van der Waals surface area (Å²) in [6, 6.07) is 31.9. The molecule has 1 aliphatic carbocycles. The number of benzene rings is 4. The van der Waals surface area contributed by atoms with E-state index in [1.54, 1.807) is 0 Å². The van der Waals surface area contributed by atoms with Crippen molar-refractivity contribution in [2.45, 2.75) is 129 Å². The molecular weight excluding hydrogens is 581 g/mol. The lowest BCUT2D eigenvalue weighted by Gasteiger charge is -2.32. The van der Waals surface area contributed by atoms with Crippen molar-refractivity contribution >= 4 is 11.4 Å². The van der Waals surface area contributed by atoms with Crippen LogP contribution in [0.1, 0.15) is 160 Å². The zero-order valence-electron chi connectivity index (χ0n) is 30.6. The molecule has 0 aliphatic heterocycles. The summed E-state index contributed by atoms with van der Waals surface area (Å²) in [5.74, 6) is 2.82. The second-order valence-corrected chi connectivity index (χ2v) is 15.1. The summed E-state index contributed by atoms with van der Waals surface area (Å²) >= 11 is 0. The van der Waals surface area contributed by atoms with E-state index < -0.39 is 0 Å². The summed E-state index contributed by atoms with van der Waals surface area (Å²) in [4.78, 5) is 0. The summed E-state index contributed by atoms with van der Waals surface area (Å²) in [6.45, 7) is 11.3. The molecule has 4 aromatic carbocycles. The topological polar surface area (TPSA) is 52.0 Å². The van der Waals surface area contributed by atoms with Gasteiger partial charge in [-0.2, -0.15) is 0 Å². The van der Waals surface area contributed by atoms with Crippen LogP contribution in [0.4, 0.5) is 11.4 Å². The largest absolute Gasteiger partial charge is 0.399 e. The van der Waals surface area contributed by atoms with Gasteiger partial charge in [-0.1, -0.05) is 146 Å². The number of unbranched alkanes of at least 4 members (excludes halogenated alkanes) is 3. The fourth-order valence-electron chi connectivity index (χ4n) is 8.72. The van der Waals surface area contributed by atoms with Crippen LogP contribution in [0.25, 0.3) is 0 Å². The van der Waals surface area contributed by atoms with E-state index in [0.717, 1.165) is 23.2 Å². The molecule has 256 valence electrons. The summed E-state index contributed by atoms with van der Waals surface area (Å²) in [5, 5.41) is 0. The third-order valence-corrected chi connectivity index (χ3v) is 11.8. The highest BCUT2D eigenvalue weighted by atomic mass is 14.5. The minimum absolute atomic E-state index is 0.328. The highest BCUT2D eigenvalue weighted by Gasteiger charge is 2.26. The van der Waals surface area contributed by atoms with E-state index in [-0.39, 0.29) is 0 Å². The second kappa shape index (κ2) is 17.2. The molecule has 0 heterocycles. The Morgan fingerprint density at radius 3 is 1.50 bits per heavy atom. The molecule has 0 aromatic heterocycles. The van der Waals surface area contributed by atoms with Crippen LogP contribution in [-0.4, -0.2) is 0 Å². The van der Waals surface area contributed by atoms with Gasteiger partial charge in [0.25, 0.3) is 0 Å². The Balaban J connectivity index is 1.41. The molecule has 2 nitrogen and oxygen atoms in total. The lowest BCUT2D eigenvalue weighted by Crippen LogP contribution is -2.19.